The van der Waals surface area contributed by atoms with Gasteiger partial charge < -0.3 is 24.2 Å². The highest BCUT2D eigenvalue weighted by molar-refractivity contribution is 6.06. The summed E-state index contributed by atoms with van der Waals surface area (Å²) in [5.74, 6) is 1.11. The highest BCUT2D eigenvalue weighted by Crippen LogP contribution is 2.33. The van der Waals surface area contributed by atoms with Gasteiger partial charge >= 0.3 is 0 Å². The summed E-state index contributed by atoms with van der Waals surface area (Å²) in [5, 5.41) is 0. The number of nitrogens with zero attached hydrogens (tertiary/aromatic N) is 4. The second kappa shape index (κ2) is 13.1. The predicted octanol–water partition coefficient (Wildman–Crippen LogP) is 4.92. The third-order valence-electron chi connectivity index (χ3n) is 7.37. The normalized spacial score (nSPS) is 16.2. The Morgan fingerprint density at radius 2 is 1.78 bits per heavy atom. The van der Waals surface area contributed by atoms with Crippen LogP contribution in [-0.2, 0) is 17.8 Å². The molecular weight excluding hydrogens is 523 g/mol. The van der Waals surface area contributed by atoms with E-state index in [0.29, 0.717) is 47.3 Å². The van der Waals surface area contributed by atoms with Crippen LogP contribution in [0.3, 0.4) is 0 Å². The van der Waals surface area contributed by atoms with Crippen molar-refractivity contribution in [2.45, 2.75) is 39.7 Å². The highest BCUT2D eigenvalue weighted by atomic mass is 19.1. The van der Waals surface area contributed by atoms with Crippen LogP contribution in [0.4, 0.5) is 10.1 Å². The number of pyridine rings is 1. The number of ether oxygens (including phenoxy) is 2. The molecule has 0 bridgehead atoms. The van der Waals surface area contributed by atoms with Gasteiger partial charge in [-0.25, -0.2) is 4.39 Å². The summed E-state index contributed by atoms with van der Waals surface area (Å²) in [6.07, 6.45) is 4.91. The quantitative estimate of drug-likeness (QED) is 0.441. The maximum absolute atomic E-state index is 14.6. The van der Waals surface area contributed by atoms with Gasteiger partial charge in [-0.05, 0) is 85.4 Å². The number of rotatable bonds is 5. The molecule has 0 aliphatic carbocycles. The molecule has 0 saturated heterocycles. The lowest BCUT2D eigenvalue weighted by atomic mass is 10.1. The summed E-state index contributed by atoms with van der Waals surface area (Å²) < 4.78 is 25.5. The molecule has 9 heteroatoms. The first-order valence-electron chi connectivity index (χ1n) is 14.3. The fourth-order valence-corrected chi connectivity index (χ4v) is 5.50. The van der Waals surface area contributed by atoms with Crippen molar-refractivity contribution in [1.29, 1.82) is 0 Å². The molecule has 2 aromatic carbocycles. The number of amides is 2. The minimum atomic E-state index is -0.407. The zero-order chi connectivity index (χ0) is 28.8. The molecule has 3 aromatic rings. The first-order chi connectivity index (χ1) is 19.9. The number of hydrogen-bond donors (Lipinski definition) is 0. The van der Waals surface area contributed by atoms with Crippen LogP contribution in [0.1, 0.15) is 48.2 Å². The molecule has 41 heavy (non-hydrogen) atoms. The molecule has 216 valence electrons. The summed E-state index contributed by atoms with van der Waals surface area (Å²) in [6.45, 7) is 8.32. The lowest BCUT2D eigenvalue weighted by Gasteiger charge is -2.32. The molecule has 0 spiro atoms. The van der Waals surface area contributed by atoms with Crippen LogP contribution in [0.5, 0.6) is 11.5 Å². The van der Waals surface area contributed by atoms with Crippen LogP contribution >= 0.6 is 0 Å². The van der Waals surface area contributed by atoms with Crippen LogP contribution in [-0.4, -0.2) is 66.1 Å². The van der Waals surface area contributed by atoms with E-state index in [0.717, 1.165) is 38.0 Å². The molecule has 5 rings (SSSR count). The summed E-state index contributed by atoms with van der Waals surface area (Å²) in [6, 6.07) is 13.5. The van der Waals surface area contributed by atoms with E-state index in [9.17, 15) is 14.0 Å². The third-order valence-corrected chi connectivity index (χ3v) is 7.37. The van der Waals surface area contributed by atoms with Gasteiger partial charge in [-0.2, -0.15) is 0 Å². The van der Waals surface area contributed by atoms with E-state index in [2.05, 4.69) is 23.7 Å². The fraction of sp³-hybridized carbons (Fsp3) is 0.406. The van der Waals surface area contributed by atoms with Crippen LogP contribution < -0.4 is 14.4 Å². The molecule has 0 saturated carbocycles. The lowest BCUT2D eigenvalue weighted by molar-refractivity contribution is -0.131. The average Bonchev–Trinajstić information content (AvgIpc) is 3.42. The standard InChI is InChI=1S/C32H37FN4O4/c1-23(2)20-35-12-4-14-36(31(38)17-24-7-10-29-30(16-24)41-22-40-29)21-26-18-27(33)8-9-28(26)37(15-5-13-35)32(39)25-6-3-11-34-19-25/h3,6-11,16,18-19,23H,4-5,12-15,17,20-22H2,1-2H3. The van der Waals surface area contributed by atoms with Crippen LogP contribution in [0.2, 0.25) is 0 Å². The first-order valence-corrected chi connectivity index (χ1v) is 14.3. The van der Waals surface area contributed by atoms with Gasteiger partial charge in [0.05, 0.1) is 12.0 Å². The predicted molar refractivity (Wildman–Crippen MR) is 155 cm³/mol. The van der Waals surface area contributed by atoms with E-state index in [1.807, 2.05) is 18.2 Å². The van der Waals surface area contributed by atoms with Gasteiger partial charge in [0.2, 0.25) is 12.7 Å². The van der Waals surface area contributed by atoms with E-state index in [-0.39, 0.29) is 31.6 Å². The number of halogens is 1. The van der Waals surface area contributed by atoms with E-state index in [4.69, 9.17) is 9.47 Å². The van der Waals surface area contributed by atoms with E-state index in [1.165, 1.54) is 12.1 Å². The van der Waals surface area contributed by atoms with E-state index >= 15 is 0 Å². The van der Waals surface area contributed by atoms with E-state index < -0.39 is 5.82 Å². The van der Waals surface area contributed by atoms with Gasteiger partial charge in [0.25, 0.3) is 5.91 Å². The number of benzene rings is 2. The maximum atomic E-state index is 14.6. The molecule has 1 aromatic heterocycles. The van der Waals surface area contributed by atoms with Gasteiger partial charge in [0.15, 0.2) is 11.5 Å². The van der Waals surface area contributed by atoms with Crippen LogP contribution in [0.15, 0.2) is 60.9 Å². The highest BCUT2D eigenvalue weighted by Gasteiger charge is 2.25. The number of fused-ring (bicyclic) bond motifs is 2. The topological polar surface area (TPSA) is 75.2 Å². The Bertz CT molecular complexity index is 1370. The summed E-state index contributed by atoms with van der Waals surface area (Å²) in [4.78, 5) is 37.5. The van der Waals surface area contributed by atoms with Gasteiger partial charge in [-0.15, -0.1) is 0 Å². The summed E-state index contributed by atoms with van der Waals surface area (Å²) in [5.41, 5.74) is 2.49. The Kier molecular flexibility index (Phi) is 9.14. The number of anilines is 1. The largest absolute Gasteiger partial charge is 0.454 e. The lowest BCUT2D eigenvalue weighted by Crippen LogP contribution is -2.40. The van der Waals surface area contributed by atoms with Crippen molar-refractivity contribution in [3.63, 3.8) is 0 Å². The van der Waals surface area contributed by atoms with Crippen molar-refractivity contribution in [2.24, 2.45) is 5.92 Å². The van der Waals surface area contributed by atoms with Crippen molar-refractivity contribution < 1.29 is 23.5 Å². The zero-order valence-corrected chi connectivity index (χ0v) is 23.7. The Labute approximate surface area is 240 Å². The molecule has 0 fully saturated rings. The SMILES string of the molecule is CC(C)CN1CCCN(C(=O)Cc2ccc3c(c2)OCO3)Cc2cc(F)ccc2N(C(=O)c2cccnc2)CCC1. The minimum Gasteiger partial charge on any atom is -0.454 e. The number of aromatic nitrogens is 1. The molecule has 2 amide bonds. The zero-order valence-electron chi connectivity index (χ0n) is 23.7. The molecule has 0 unspecified atom stereocenters. The van der Waals surface area contributed by atoms with E-state index in [1.54, 1.807) is 40.4 Å². The Hall–Kier alpha value is -3.98. The molecule has 0 radical (unpaired) electrons. The van der Waals surface area contributed by atoms with Gasteiger partial charge in [-0.1, -0.05) is 19.9 Å². The summed E-state index contributed by atoms with van der Waals surface area (Å²) >= 11 is 0. The van der Waals surface area contributed by atoms with Gasteiger partial charge in [0, 0.05) is 44.3 Å². The first kappa shape index (κ1) is 28.5. The minimum absolute atomic E-state index is 0.0725. The van der Waals surface area contributed by atoms with Crippen molar-refractivity contribution in [3.05, 3.63) is 83.4 Å². The Morgan fingerprint density at radius 1 is 0.976 bits per heavy atom. The maximum Gasteiger partial charge on any atom is 0.259 e. The van der Waals surface area contributed by atoms with Crippen molar-refractivity contribution in [3.8, 4) is 11.5 Å². The Morgan fingerprint density at radius 3 is 2.56 bits per heavy atom. The second-order valence-electron chi connectivity index (χ2n) is 11.1. The monoisotopic (exact) mass is 560 g/mol. The van der Waals surface area contributed by atoms with Crippen LogP contribution in [0, 0.1) is 11.7 Å². The Balaban J connectivity index is 1.47. The van der Waals surface area contributed by atoms with Gasteiger partial charge in [-0.3, -0.25) is 14.6 Å². The van der Waals surface area contributed by atoms with Crippen molar-refractivity contribution in [2.75, 3.05) is 44.4 Å². The molecule has 2 aliphatic rings. The second-order valence-corrected chi connectivity index (χ2v) is 11.1. The smallest absolute Gasteiger partial charge is 0.259 e. The molecule has 8 nitrogen and oxygen atoms in total. The molecule has 0 atom stereocenters. The van der Waals surface area contributed by atoms with Crippen molar-refractivity contribution in [1.82, 2.24) is 14.8 Å². The number of hydrogen-bond acceptors (Lipinski definition) is 6. The third kappa shape index (κ3) is 7.21. The summed E-state index contributed by atoms with van der Waals surface area (Å²) in [7, 11) is 0. The van der Waals surface area contributed by atoms with Crippen LogP contribution in [0.25, 0.3) is 0 Å². The molecular formula is C32H37FN4O4. The molecule has 2 aliphatic heterocycles. The van der Waals surface area contributed by atoms with Crippen molar-refractivity contribution >= 4 is 17.5 Å². The number of carbonyl (C=O) groups is 2. The molecule has 0 N–H and O–H groups in total. The molecule has 3 heterocycles. The number of carbonyl (C=O) groups excluding carboxylic acids is 2. The average molecular weight is 561 g/mol. The van der Waals surface area contributed by atoms with Gasteiger partial charge in [0.1, 0.15) is 5.82 Å². The fourth-order valence-electron chi connectivity index (χ4n) is 5.50.